The number of carbonyl (C=O) groups excluding carboxylic acids is 1. The Bertz CT molecular complexity index is 812. The number of rotatable bonds is 5. The van der Waals surface area contributed by atoms with Crippen LogP contribution in [-0.4, -0.2) is 18.6 Å². The minimum absolute atomic E-state index is 0.00181. The fourth-order valence-corrected chi connectivity index (χ4v) is 3.47. The van der Waals surface area contributed by atoms with Gasteiger partial charge in [-0.15, -0.1) is 0 Å². The molecule has 0 radical (unpaired) electrons. The largest absolute Gasteiger partial charge is 0.488 e. The molecule has 0 aliphatic carbocycles. The lowest BCUT2D eigenvalue weighted by Crippen LogP contribution is -2.37. The van der Waals surface area contributed by atoms with Crippen molar-refractivity contribution in [2.45, 2.75) is 18.4 Å². The average molecular weight is 343 g/mol. The summed E-state index contributed by atoms with van der Waals surface area (Å²) in [5.41, 5.74) is 3.19. The van der Waals surface area contributed by atoms with E-state index in [4.69, 9.17) is 4.74 Å². The van der Waals surface area contributed by atoms with Crippen LogP contribution in [0.15, 0.2) is 84.9 Å². The van der Waals surface area contributed by atoms with Gasteiger partial charge in [0.2, 0.25) is 5.91 Å². The number of ether oxygens (including phenoxy) is 1. The second-order valence-electron chi connectivity index (χ2n) is 6.55. The summed E-state index contributed by atoms with van der Waals surface area (Å²) in [7, 11) is 0. The third-order valence-corrected chi connectivity index (χ3v) is 4.75. The van der Waals surface area contributed by atoms with Crippen LogP contribution in [0.1, 0.15) is 22.6 Å². The van der Waals surface area contributed by atoms with Crippen molar-refractivity contribution in [3.63, 3.8) is 0 Å². The summed E-state index contributed by atoms with van der Waals surface area (Å²) in [5.74, 6) is 0.609. The van der Waals surface area contributed by atoms with Crippen LogP contribution in [0.25, 0.3) is 0 Å². The predicted octanol–water partition coefficient (Wildman–Crippen LogP) is 3.94. The van der Waals surface area contributed by atoms with Crippen LogP contribution in [0, 0.1) is 0 Å². The molecule has 0 bridgehead atoms. The highest BCUT2D eigenvalue weighted by molar-refractivity contribution is 5.87. The highest BCUT2D eigenvalue weighted by Gasteiger charge is 2.26. The number of fused-ring (bicyclic) bond motifs is 1. The highest BCUT2D eigenvalue weighted by Crippen LogP contribution is 2.28. The second kappa shape index (κ2) is 7.44. The third kappa shape index (κ3) is 3.47. The Morgan fingerprint density at radius 3 is 2.08 bits per heavy atom. The maximum Gasteiger partial charge on any atom is 0.232 e. The first kappa shape index (κ1) is 16.4. The van der Waals surface area contributed by atoms with E-state index in [1.807, 2.05) is 78.9 Å². The average Bonchev–Trinajstić information content (AvgIpc) is 3.11. The van der Waals surface area contributed by atoms with Gasteiger partial charge in [0, 0.05) is 6.42 Å². The molecular weight excluding hydrogens is 322 g/mol. The number of nitrogens with one attached hydrogen (secondary N) is 1. The van der Waals surface area contributed by atoms with Crippen LogP contribution in [0.4, 0.5) is 0 Å². The molecule has 1 atom stereocenters. The van der Waals surface area contributed by atoms with Gasteiger partial charge in [-0.25, -0.2) is 0 Å². The smallest absolute Gasteiger partial charge is 0.232 e. The van der Waals surface area contributed by atoms with Crippen LogP contribution in [0.5, 0.6) is 5.75 Å². The summed E-state index contributed by atoms with van der Waals surface area (Å²) in [6, 6.07) is 27.8. The molecule has 0 saturated heterocycles. The quantitative estimate of drug-likeness (QED) is 0.762. The summed E-state index contributed by atoms with van der Waals surface area (Å²) in [6.07, 6.45) is 0.821. The van der Waals surface area contributed by atoms with Crippen LogP contribution in [0.2, 0.25) is 0 Å². The molecule has 3 aromatic rings. The standard InChI is InChI=1S/C23H21NO2/c25-23(24-16-20-15-19-13-7-8-14-21(19)26-20)22(17-9-3-1-4-10-17)18-11-5-2-6-12-18/h1-14,20,22H,15-16H2,(H,24,25)/t20-/m1/s1. The molecule has 1 N–H and O–H groups in total. The van der Waals surface area contributed by atoms with Gasteiger partial charge in [0.05, 0.1) is 12.5 Å². The molecule has 0 unspecified atom stereocenters. The molecule has 0 aromatic heterocycles. The van der Waals surface area contributed by atoms with E-state index in [1.54, 1.807) is 0 Å². The lowest BCUT2D eigenvalue weighted by molar-refractivity contribution is -0.122. The van der Waals surface area contributed by atoms with E-state index in [-0.39, 0.29) is 17.9 Å². The highest BCUT2D eigenvalue weighted by atomic mass is 16.5. The van der Waals surface area contributed by atoms with Crippen molar-refractivity contribution >= 4 is 5.91 Å². The molecule has 1 aliphatic rings. The van der Waals surface area contributed by atoms with E-state index in [0.717, 1.165) is 23.3 Å². The number of carbonyl (C=O) groups is 1. The van der Waals surface area contributed by atoms with Crippen LogP contribution in [-0.2, 0) is 11.2 Å². The zero-order valence-corrected chi connectivity index (χ0v) is 14.5. The lowest BCUT2D eigenvalue weighted by atomic mass is 9.90. The van der Waals surface area contributed by atoms with Crippen molar-refractivity contribution < 1.29 is 9.53 Å². The molecule has 3 heteroatoms. The Kier molecular flexibility index (Phi) is 4.69. The maximum atomic E-state index is 13.0. The van der Waals surface area contributed by atoms with Gasteiger partial charge >= 0.3 is 0 Å². The summed E-state index contributed by atoms with van der Waals surface area (Å²) in [4.78, 5) is 13.0. The molecule has 3 nitrogen and oxygen atoms in total. The van der Waals surface area contributed by atoms with Gasteiger partial charge in [0.1, 0.15) is 11.9 Å². The zero-order chi connectivity index (χ0) is 17.8. The number of hydrogen-bond donors (Lipinski definition) is 1. The summed E-state index contributed by atoms with van der Waals surface area (Å²) < 4.78 is 5.93. The van der Waals surface area contributed by atoms with E-state index in [9.17, 15) is 4.79 Å². The van der Waals surface area contributed by atoms with E-state index in [1.165, 1.54) is 5.56 Å². The van der Waals surface area contributed by atoms with Crippen molar-refractivity contribution in [1.82, 2.24) is 5.32 Å². The van der Waals surface area contributed by atoms with E-state index in [2.05, 4.69) is 11.4 Å². The predicted molar refractivity (Wildman–Crippen MR) is 102 cm³/mol. The molecule has 130 valence electrons. The van der Waals surface area contributed by atoms with Crippen LogP contribution < -0.4 is 10.1 Å². The molecule has 0 spiro atoms. The molecule has 0 fully saturated rings. The molecule has 4 rings (SSSR count). The van der Waals surface area contributed by atoms with Gasteiger partial charge in [0.15, 0.2) is 0 Å². The first-order chi connectivity index (χ1) is 12.8. The van der Waals surface area contributed by atoms with Crippen molar-refractivity contribution in [2.24, 2.45) is 0 Å². The monoisotopic (exact) mass is 343 g/mol. The third-order valence-electron chi connectivity index (χ3n) is 4.75. The molecule has 1 aliphatic heterocycles. The van der Waals surface area contributed by atoms with Gasteiger partial charge in [0.25, 0.3) is 0 Å². The Morgan fingerprint density at radius 2 is 1.46 bits per heavy atom. The van der Waals surface area contributed by atoms with E-state index in [0.29, 0.717) is 6.54 Å². The minimum Gasteiger partial charge on any atom is -0.488 e. The molecule has 1 heterocycles. The lowest BCUT2D eigenvalue weighted by Gasteiger charge is -2.19. The first-order valence-corrected chi connectivity index (χ1v) is 8.93. The van der Waals surface area contributed by atoms with Crippen LogP contribution in [0.3, 0.4) is 0 Å². The fraction of sp³-hybridized carbons (Fsp3) is 0.174. The van der Waals surface area contributed by atoms with E-state index < -0.39 is 0 Å². The number of amides is 1. The van der Waals surface area contributed by atoms with Gasteiger partial charge in [-0.05, 0) is 22.8 Å². The van der Waals surface area contributed by atoms with Crippen molar-refractivity contribution in [2.75, 3.05) is 6.54 Å². The zero-order valence-electron chi connectivity index (χ0n) is 14.5. The molecule has 3 aromatic carbocycles. The molecule has 0 saturated carbocycles. The summed E-state index contributed by atoms with van der Waals surface area (Å²) in [5, 5.41) is 3.09. The first-order valence-electron chi connectivity index (χ1n) is 8.93. The van der Waals surface area contributed by atoms with Crippen molar-refractivity contribution in [3.8, 4) is 5.75 Å². The van der Waals surface area contributed by atoms with Gasteiger partial charge in [-0.1, -0.05) is 78.9 Å². The van der Waals surface area contributed by atoms with Gasteiger partial charge < -0.3 is 10.1 Å². The summed E-state index contributed by atoms with van der Waals surface area (Å²) in [6.45, 7) is 0.504. The Morgan fingerprint density at radius 1 is 0.885 bits per heavy atom. The topological polar surface area (TPSA) is 38.3 Å². The SMILES string of the molecule is O=C(NC[C@H]1Cc2ccccc2O1)C(c1ccccc1)c1ccccc1. The maximum absolute atomic E-state index is 13.0. The minimum atomic E-state index is -0.318. The Hall–Kier alpha value is -3.07. The molecular formula is C23H21NO2. The molecule has 26 heavy (non-hydrogen) atoms. The normalized spacial score (nSPS) is 15.3. The fourth-order valence-electron chi connectivity index (χ4n) is 3.47. The number of hydrogen-bond acceptors (Lipinski definition) is 2. The Balaban J connectivity index is 1.48. The van der Waals surface area contributed by atoms with Crippen LogP contribution >= 0.6 is 0 Å². The number of para-hydroxylation sites is 1. The molecule has 1 amide bonds. The number of benzene rings is 3. The Labute approximate surface area is 153 Å². The van der Waals surface area contributed by atoms with Crippen molar-refractivity contribution in [3.05, 3.63) is 102 Å². The van der Waals surface area contributed by atoms with Gasteiger partial charge in [-0.2, -0.15) is 0 Å². The summed E-state index contributed by atoms with van der Waals surface area (Å²) >= 11 is 0. The van der Waals surface area contributed by atoms with Gasteiger partial charge in [-0.3, -0.25) is 4.79 Å². The van der Waals surface area contributed by atoms with Crippen molar-refractivity contribution in [1.29, 1.82) is 0 Å². The second-order valence-corrected chi connectivity index (χ2v) is 6.55. The van der Waals surface area contributed by atoms with E-state index >= 15 is 0 Å².